The van der Waals surface area contributed by atoms with Crippen LogP contribution in [-0.2, 0) is 22.2 Å². The van der Waals surface area contributed by atoms with Crippen LogP contribution in [0, 0.1) is 0 Å². The van der Waals surface area contributed by atoms with Crippen molar-refractivity contribution in [2.45, 2.75) is 44.2 Å². The normalized spacial score (nSPS) is 18.7. The Morgan fingerprint density at radius 1 is 1.03 bits per heavy atom. The minimum absolute atomic E-state index is 0.0520. The van der Waals surface area contributed by atoms with E-state index in [-0.39, 0.29) is 30.0 Å². The predicted octanol–water partition coefficient (Wildman–Crippen LogP) is 4.51. The van der Waals surface area contributed by atoms with Gasteiger partial charge < -0.3 is 19.9 Å². The number of carbonyl (C=O) groups excluding carboxylic acids is 2. The Hall–Kier alpha value is -3.87. The van der Waals surface area contributed by atoms with E-state index < -0.39 is 5.60 Å². The number of nitrogens with zero attached hydrogens (tertiary/aromatic N) is 2. The number of aryl methyl sites for hydroxylation is 1. The Labute approximate surface area is 205 Å². The van der Waals surface area contributed by atoms with Crippen LogP contribution in [-0.4, -0.2) is 28.0 Å². The van der Waals surface area contributed by atoms with Crippen LogP contribution in [0.15, 0.2) is 77.7 Å². The summed E-state index contributed by atoms with van der Waals surface area (Å²) >= 11 is 0. The lowest BCUT2D eigenvalue weighted by atomic mass is 9.84. The molecule has 1 saturated heterocycles. The zero-order chi connectivity index (χ0) is 25.0. The minimum Gasteiger partial charge on any atom is -0.438 e. The summed E-state index contributed by atoms with van der Waals surface area (Å²) in [5.74, 6) is -0.355. The van der Waals surface area contributed by atoms with Crippen LogP contribution in [0.4, 0.5) is 4.79 Å². The second-order valence-corrected chi connectivity index (χ2v) is 9.16. The van der Waals surface area contributed by atoms with Crippen molar-refractivity contribution in [2.75, 3.05) is 6.54 Å². The number of pyridine rings is 1. The molecule has 2 heterocycles. The fourth-order valence-corrected chi connectivity index (χ4v) is 4.73. The Kier molecular flexibility index (Phi) is 7.05. The molecule has 7 heteroatoms. The number of primary amides is 1. The summed E-state index contributed by atoms with van der Waals surface area (Å²) in [5, 5.41) is 0. The number of ether oxygens (including phenoxy) is 1. The second kappa shape index (κ2) is 10.2. The van der Waals surface area contributed by atoms with Gasteiger partial charge in [-0.05, 0) is 48.1 Å². The molecule has 7 nitrogen and oxygen atoms in total. The number of cyclic esters (lactones) is 1. The highest BCUT2D eigenvalue weighted by molar-refractivity contribution is 5.73. The molecule has 0 aliphatic carbocycles. The van der Waals surface area contributed by atoms with E-state index in [1.54, 1.807) is 22.6 Å². The maximum absolute atomic E-state index is 13.2. The summed E-state index contributed by atoms with van der Waals surface area (Å²) < 4.78 is 7.67. The third-order valence-corrected chi connectivity index (χ3v) is 6.86. The predicted molar refractivity (Wildman–Crippen MR) is 135 cm³/mol. The number of aromatic nitrogens is 1. The third-order valence-electron chi connectivity index (χ3n) is 6.86. The molecular weight excluding hydrogens is 442 g/mol. The highest BCUT2D eigenvalue weighted by Crippen LogP contribution is 2.40. The van der Waals surface area contributed by atoms with Crippen molar-refractivity contribution >= 4 is 12.0 Å². The molecule has 0 unspecified atom stereocenters. The molecule has 4 rings (SSSR count). The molecular formula is C28H31N3O4. The van der Waals surface area contributed by atoms with E-state index in [1.807, 2.05) is 73.8 Å². The van der Waals surface area contributed by atoms with Gasteiger partial charge in [-0.2, -0.15) is 0 Å². The van der Waals surface area contributed by atoms with Crippen LogP contribution in [0.5, 0.6) is 0 Å². The number of benzene rings is 2. The van der Waals surface area contributed by atoms with E-state index >= 15 is 0 Å². The van der Waals surface area contributed by atoms with Gasteiger partial charge in [-0.3, -0.25) is 9.59 Å². The van der Waals surface area contributed by atoms with Gasteiger partial charge in [0.2, 0.25) is 11.5 Å². The highest BCUT2D eigenvalue weighted by atomic mass is 16.6. The number of hydrogen-bond acceptors (Lipinski definition) is 4. The first kappa shape index (κ1) is 24.3. The largest absolute Gasteiger partial charge is 0.438 e. The van der Waals surface area contributed by atoms with Crippen LogP contribution in [0.25, 0.3) is 11.1 Å². The van der Waals surface area contributed by atoms with Crippen LogP contribution < -0.4 is 11.3 Å². The molecule has 1 aromatic heterocycles. The average molecular weight is 474 g/mol. The van der Waals surface area contributed by atoms with Gasteiger partial charge >= 0.3 is 6.09 Å². The van der Waals surface area contributed by atoms with E-state index in [1.165, 1.54) is 0 Å². The molecule has 35 heavy (non-hydrogen) atoms. The average Bonchev–Trinajstić information content (AvgIpc) is 2.86. The molecule has 0 saturated carbocycles. The first-order valence-electron chi connectivity index (χ1n) is 11.9. The monoisotopic (exact) mass is 473 g/mol. The standard InChI is InChI=1S/C28H31N3O4/c1-20(21-10-12-22(13-11-21)23-14-15-26(33)30(2)19-23)31-18-17-28(35-27(31)34,16-6-9-25(29)32)24-7-4-3-5-8-24/h3-5,7-8,10-15,19-20H,6,9,16-18H2,1-2H3,(H2,29,32)/t20-,28+/m0/s1. The van der Waals surface area contributed by atoms with Crippen LogP contribution >= 0.6 is 0 Å². The summed E-state index contributed by atoms with van der Waals surface area (Å²) in [6.45, 7) is 2.53. The SMILES string of the molecule is C[C@@H](c1ccc(-c2ccc(=O)n(C)c2)cc1)N1CC[C@](CCCC(N)=O)(c2ccccc2)OC1=O. The van der Waals surface area contributed by atoms with Gasteiger partial charge in [0.15, 0.2) is 0 Å². The summed E-state index contributed by atoms with van der Waals surface area (Å²) in [7, 11) is 1.73. The van der Waals surface area contributed by atoms with Crippen molar-refractivity contribution in [3.63, 3.8) is 0 Å². The lowest BCUT2D eigenvalue weighted by Gasteiger charge is -2.43. The fourth-order valence-electron chi connectivity index (χ4n) is 4.73. The molecule has 1 fully saturated rings. The van der Waals surface area contributed by atoms with Gasteiger partial charge in [0, 0.05) is 38.7 Å². The van der Waals surface area contributed by atoms with E-state index in [0.717, 1.165) is 22.3 Å². The number of hydrogen-bond donors (Lipinski definition) is 1. The molecule has 1 aliphatic rings. The summed E-state index contributed by atoms with van der Waals surface area (Å²) in [5.41, 5.74) is 8.40. The molecule has 182 valence electrons. The molecule has 1 aliphatic heterocycles. The van der Waals surface area contributed by atoms with Crippen molar-refractivity contribution in [3.8, 4) is 11.1 Å². The van der Waals surface area contributed by atoms with Gasteiger partial charge in [0.25, 0.3) is 0 Å². The van der Waals surface area contributed by atoms with Crippen molar-refractivity contribution in [3.05, 3.63) is 94.4 Å². The molecule has 0 bridgehead atoms. The molecule has 0 spiro atoms. The van der Waals surface area contributed by atoms with Crippen LogP contribution in [0.3, 0.4) is 0 Å². The smallest absolute Gasteiger partial charge is 0.411 e. The number of amides is 2. The van der Waals surface area contributed by atoms with Gasteiger partial charge in [0.1, 0.15) is 5.60 Å². The van der Waals surface area contributed by atoms with Crippen molar-refractivity contribution in [2.24, 2.45) is 12.8 Å². The Morgan fingerprint density at radius 2 is 1.71 bits per heavy atom. The molecule has 2 aromatic carbocycles. The molecule has 2 atom stereocenters. The molecule has 2 amide bonds. The first-order chi connectivity index (χ1) is 16.8. The second-order valence-electron chi connectivity index (χ2n) is 9.16. The third kappa shape index (κ3) is 5.29. The lowest BCUT2D eigenvalue weighted by molar-refractivity contribution is -0.118. The van der Waals surface area contributed by atoms with Crippen molar-refractivity contribution in [1.29, 1.82) is 0 Å². The number of carbonyl (C=O) groups is 2. The van der Waals surface area contributed by atoms with Gasteiger partial charge in [-0.25, -0.2) is 4.79 Å². The fraction of sp³-hybridized carbons (Fsp3) is 0.321. The zero-order valence-corrected chi connectivity index (χ0v) is 20.1. The van der Waals surface area contributed by atoms with Gasteiger partial charge in [0.05, 0.1) is 6.04 Å². The highest BCUT2D eigenvalue weighted by Gasteiger charge is 2.43. The Morgan fingerprint density at radius 3 is 2.34 bits per heavy atom. The van der Waals surface area contributed by atoms with Crippen molar-refractivity contribution < 1.29 is 14.3 Å². The van der Waals surface area contributed by atoms with Gasteiger partial charge in [-0.15, -0.1) is 0 Å². The summed E-state index contributed by atoms with van der Waals surface area (Å²) in [6.07, 6.45) is 3.43. The van der Waals surface area contributed by atoms with Gasteiger partial charge in [-0.1, -0.05) is 54.6 Å². The first-order valence-corrected chi connectivity index (χ1v) is 11.9. The van der Waals surface area contributed by atoms with E-state index in [0.29, 0.717) is 25.8 Å². The molecule has 3 aromatic rings. The molecule has 0 radical (unpaired) electrons. The van der Waals surface area contributed by atoms with Crippen LogP contribution in [0.1, 0.15) is 49.8 Å². The van der Waals surface area contributed by atoms with E-state index in [2.05, 4.69) is 0 Å². The quantitative estimate of drug-likeness (QED) is 0.521. The summed E-state index contributed by atoms with van der Waals surface area (Å²) in [4.78, 5) is 37.9. The Bertz CT molecular complexity index is 1250. The maximum atomic E-state index is 13.2. The van der Waals surface area contributed by atoms with Crippen molar-refractivity contribution in [1.82, 2.24) is 9.47 Å². The number of nitrogens with two attached hydrogens (primary N) is 1. The van der Waals surface area contributed by atoms with E-state index in [9.17, 15) is 14.4 Å². The van der Waals surface area contributed by atoms with E-state index in [4.69, 9.17) is 10.5 Å². The topological polar surface area (TPSA) is 94.6 Å². The lowest BCUT2D eigenvalue weighted by Crippen LogP contribution is -2.48. The molecule has 2 N–H and O–H groups in total. The summed E-state index contributed by atoms with van der Waals surface area (Å²) in [6, 6.07) is 20.9. The Balaban J connectivity index is 1.50. The minimum atomic E-state index is -0.767. The maximum Gasteiger partial charge on any atom is 0.411 e. The number of rotatable bonds is 8. The zero-order valence-electron chi connectivity index (χ0n) is 20.1. The van der Waals surface area contributed by atoms with Crippen LogP contribution in [0.2, 0.25) is 0 Å².